The molecule has 0 aliphatic carbocycles. The third-order valence-corrected chi connectivity index (χ3v) is 7.91. The molecule has 0 N–H and O–H groups in total. The Balaban J connectivity index is 0.000000276. The maximum absolute atomic E-state index is 4.53. The molecule has 2 heteroatoms. The molecule has 0 aromatic heterocycles. The molecule has 0 nitrogen and oxygen atoms in total. The molecule has 0 spiro atoms. The Morgan fingerprint density at radius 2 is 0.848 bits per heavy atom. The van der Waals surface area contributed by atoms with Crippen molar-refractivity contribution in [2.75, 3.05) is 0 Å². The molecule has 0 unspecified atom stereocenters. The van der Waals surface area contributed by atoms with Gasteiger partial charge in [-0.1, -0.05) is 127 Å². The van der Waals surface area contributed by atoms with E-state index in [4.69, 9.17) is 0 Å². The summed E-state index contributed by atoms with van der Waals surface area (Å²) in [5.74, 6) is 0. The maximum atomic E-state index is 4.53. The van der Waals surface area contributed by atoms with Gasteiger partial charge in [-0.25, -0.2) is 9.85 Å². The minimum absolute atomic E-state index is 0. The Hall–Kier alpha value is -2.93. The number of benzene rings is 4. The van der Waals surface area contributed by atoms with E-state index in [1.54, 1.807) is 0 Å². The molecule has 0 amide bonds. The van der Waals surface area contributed by atoms with Gasteiger partial charge < -0.3 is 12.6 Å². The Bertz CT molecular complexity index is 1650. The summed E-state index contributed by atoms with van der Waals surface area (Å²) < 4.78 is 0. The van der Waals surface area contributed by atoms with Crippen LogP contribution in [0.1, 0.15) is 77.6 Å². The van der Waals surface area contributed by atoms with Crippen molar-refractivity contribution in [2.24, 2.45) is 0 Å². The van der Waals surface area contributed by atoms with Gasteiger partial charge in [-0.15, -0.1) is 69.1 Å². The van der Waals surface area contributed by atoms with Gasteiger partial charge in [-0.3, -0.25) is 0 Å². The summed E-state index contributed by atoms with van der Waals surface area (Å²) >= 11 is 0. The van der Waals surface area contributed by atoms with Crippen LogP contribution in [0.15, 0.2) is 109 Å². The largest absolute Gasteiger partial charge is 4.00 e. The van der Waals surface area contributed by atoms with E-state index in [2.05, 4.69) is 171 Å². The van der Waals surface area contributed by atoms with E-state index >= 15 is 0 Å². The van der Waals surface area contributed by atoms with Crippen molar-refractivity contribution < 1.29 is 26.2 Å². The molecular weight excluding hydrogens is 648 g/mol. The summed E-state index contributed by atoms with van der Waals surface area (Å²) in [6.07, 6.45) is 6.53. The van der Waals surface area contributed by atoms with E-state index in [9.17, 15) is 0 Å². The van der Waals surface area contributed by atoms with Gasteiger partial charge in [0.1, 0.15) is 0 Å². The topological polar surface area (TPSA) is 0 Å². The fourth-order valence-electron chi connectivity index (χ4n) is 5.57. The van der Waals surface area contributed by atoms with E-state index in [0.717, 1.165) is 0 Å². The number of hydrogen-bond donors (Lipinski definition) is 0. The summed E-state index contributed by atoms with van der Waals surface area (Å²) in [7, 11) is 1.36. The molecule has 46 heavy (non-hydrogen) atoms. The van der Waals surface area contributed by atoms with Crippen molar-refractivity contribution in [1.82, 2.24) is 0 Å². The molecule has 6 aromatic rings. The van der Waals surface area contributed by atoms with Crippen molar-refractivity contribution in [3.63, 3.8) is 0 Å². The van der Waals surface area contributed by atoms with Gasteiger partial charge in [0.25, 0.3) is 0 Å². The molecule has 0 aliphatic rings. The van der Waals surface area contributed by atoms with Gasteiger partial charge in [-0.2, -0.15) is 26.0 Å². The second kappa shape index (κ2) is 17.3. The van der Waals surface area contributed by atoms with Crippen LogP contribution in [0.5, 0.6) is 0 Å². The van der Waals surface area contributed by atoms with Crippen LogP contribution in [0.3, 0.4) is 0 Å². The first-order valence-corrected chi connectivity index (χ1v) is 16.8. The first kappa shape index (κ1) is 39.2. The first-order chi connectivity index (χ1) is 21.3. The van der Waals surface area contributed by atoms with Crippen LogP contribution < -0.4 is 0 Å². The molecule has 0 saturated heterocycles. The van der Waals surface area contributed by atoms with E-state index in [1.807, 2.05) is 20.3 Å². The Kier molecular flexibility index (Phi) is 14.7. The average Bonchev–Trinajstić information content (AvgIpc) is 3.59. The zero-order valence-corrected chi connectivity index (χ0v) is 33.6. The van der Waals surface area contributed by atoms with Gasteiger partial charge in [0.15, 0.2) is 0 Å². The minimum atomic E-state index is 0. The fraction of sp³-hybridized carbons (Fsp3) is 0.273. The normalized spacial score (nSPS) is 10.9. The van der Waals surface area contributed by atoms with Crippen LogP contribution in [-0.4, -0.2) is 16.0 Å². The molecule has 0 saturated carbocycles. The summed E-state index contributed by atoms with van der Waals surface area (Å²) in [5, 5.41) is 5.38. The third-order valence-electron chi connectivity index (χ3n) is 7.91. The van der Waals surface area contributed by atoms with Crippen LogP contribution in [0.4, 0.5) is 0 Å². The minimum Gasteiger partial charge on any atom is -0.533 e. The van der Waals surface area contributed by atoms with Crippen LogP contribution >= 0.6 is 0 Å². The summed E-state index contributed by atoms with van der Waals surface area (Å²) in [5.41, 5.74) is 11.1. The molecule has 0 aliphatic heterocycles. The van der Waals surface area contributed by atoms with Crippen molar-refractivity contribution in [1.29, 1.82) is 0 Å². The molecular formula is C44H52SiZr. The predicted molar refractivity (Wildman–Crippen MR) is 207 cm³/mol. The standard InChI is InChI=1S/2C20H21.C3H7.CH3Si.Zr/c2*1-14-12-16-6-5-7-18(19(16)13-14)15-8-10-17(11-9-15)20(2,3)4;1-3-2;1-2;/h2*5-13H,1-4H3;3H,1-2H3;1H,2H2;/q4*-1;+4. The third kappa shape index (κ3) is 10.0. The van der Waals surface area contributed by atoms with E-state index in [1.165, 1.54) is 75.9 Å². The van der Waals surface area contributed by atoms with E-state index in [-0.39, 0.29) is 37.0 Å². The maximum Gasteiger partial charge on any atom is 4.00 e. The zero-order valence-electron chi connectivity index (χ0n) is 29.8. The zero-order chi connectivity index (χ0) is 33.4. The molecule has 0 fully saturated rings. The van der Waals surface area contributed by atoms with Gasteiger partial charge in [-0.05, 0) is 33.1 Å². The Labute approximate surface area is 302 Å². The molecule has 236 valence electrons. The van der Waals surface area contributed by atoms with Gasteiger partial charge in [0, 0.05) is 0 Å². The van der Waals surface area contributed by atoms with Gasteiger partial charge in [0.05, 0.1) is 0 Å². The SMILES string of the molecule is C[CH-]C.Cc1cc2c(-c3ccc(C(C)(C)C)cc3)cccc2[cH-]1.Cc1cc2c(-c3ccc(C(C)(C)C)cc3)cccc2[cH-]1.[CH-]=[SiH2].[Zr+4]. The molecule has 0 bridgehead atoms. The quantitative estimate of drug-likeness (QED) is 0.125. The van der Waals surface area contributed by atoms with E-state index in [0.29, 0.717) is 0 Å². The molecule has 6 aromatic carbocycles. The Morgan fingerprint density at radius 1 is 0.543 bits per heavy atom. The average molecular weight is 700 g/mol. The summed E-state index contributed by atoms with van der Waals surface area (Å²) in [4.78, 5) is 0. The van der Waals surface area contributed by atoms with Crippen LogP contribution in [0.2, 0.25) is 0 Å². The number of rotatable bonds is 2. The van der Waals surface area contributed by atoms with Crippen LogP contribution in [0.25, 0.3) is 43.8 Å². The monoisotopic (exact) mass is 698 g/mol. The molecule has 0 radical (unpaired) electrons. The first-order valence-electron chi connectivity index (χ1n) is 16.0. The number of aryl methyl sites for hydroxylation is 2. The van der Waals surface area contributed by atoms with Crippen molar-refractivity contribution in [3.05, 3.63) is 138 Å². The van der Waals surface area contributed by atoms with Crippen molar-refractivity contribution in [2.45, 2.75) is 80.1 Å². The van der Waals surface area contributed by atoms with Crippen LogP contribution in [0, 0.1) is 20.3 Å². The Morgan fingerprint density at radius 3 is 1.13 bits per heavy atom. The molecule has 0 atom stereocenters. The molecule has 6 rings (SSSR count). The smallest absolute Gasteiger partial charge is 0.533 e. The van der Waals surface area contributed by atoms with Gasteiger partial charge in [0.2, 0.25) is 0 Å². The predicted octanol–water partition coefficient (Wildman–Crippen LogP) is 11.8. The second-order valence-corrected chi connectivity index (χ2v) is 13.9. The van der Waals surface area contributed by atoms with Crippen LogP contribution in [-0.2, 0) is 37.0 Å². The van der Waals surface area contributed by atoms with Crippen molar-refractivity contribution in [3.8, 4) is 22.3 Å². The number of hydrogen-bond acceptors (Lipinski definition) is 0. The summed E-state index contributed by atoms with van der Waals surface area (Å²) in [6.45, 7) is 21.8. The van der Waals surface area contributed by atoms with E-state index < -0.39 is 0 Å². The fourth-order valence-corrected chi connectivity index (χ4v) is 5.57. The second-order valence-electron chi connectivity index (χ2n) is 13.9. The van der Waals surface area contributed by atoms with Gasteiger partial charge >= 0.3 is 26.2 Å². The number of fused-ring (bicyclic) bond motifs is 2. The molecule has 0 heterocycles. The van der Waals surface area contributed by atoms with Crippen molar-refractivity contribution >= 4 is 37.6 Å². The summed E-state index contributed by atoms with van der Waals surface area (Å²) in [6, 6.07) is 40.2.